The number of likely N-dealkylation sites (tertiary alicyclic amines) is 1. The van der Waals surface area contributed by atoms with Crippen LogP contribution in [0.1, 0.15) is 19.3 Å². The van der Waals surface area contributed by atoms with Crippen LogP contribution in [0.15, 0.2) is 0 Å². The number of nitrogens with zero attached hydrogens (tertiary/aromatic N) is 5. The van der Waals surface area contributed by atoms with E-state index in [1.165, 1.54) is 25.9 Å². The van der Waals surface area contributed by atoms with Crippen LogP contribution in [0.4, 0.5) is 11.9 Å². The second-order valence-corrected chi connectivity index (χ2v) is 5.29. The molecule has 6 nitrogen and oxygen atoms in total. The van der Waals surface area contributed by atoms with Gasteiger partial charge in [0, 0.05) is 20.6 Å². The predicted octanol–water partition coefficient (Wildman–Crippen LogP) is 1.49. The van der Waals surface area contributed by atoms with E-state index in [0.29, 0.717) is 11.9 Å². The van der Waals surface area contributed by atoms with Gasteiger partial charge in [-0.2, -0.15) is 15.0 Å². The largest absolute Gasteiger partial charge is 0.354 e. The van der Waals surface area contributed by atoms with E-state index >= 15 is 0 Å². The van der Waals surface area contributed by atoms with Crippen molar-refractivity contribution in [2.45, 2.75) is 19.3 Å². The van der Waals surface area contributed by atoms with Crippen molar-refractivity contribution in [3.05, 3.63) is 5.28 Å². The van der Waals surface area contributed by atoms with Gasteiger partial charge in [-0.05, 0) is 50.5 Å². The monoisotopic (exact) mass is 284 g/mol. The van der Waals surface area contributed by atoms with Crippen LogP contribution in [-0.4, -0.2) is 60.1 Å². The van der Waals surface area contributed by atoms with Crippen LogP contribution in [0.5, 0.6) is 0 Å². The molecule has 106 valence electrons. The molecule has 1 fully saturated rings. The quantitative estimate of drug-likeness (QED) is 0.799. The lowest BCUT2D eigenvalue weighted by molar-refractivity contribution is 0.337. The van der Waals surface area contributed by atoms with Gasteiger partial charge in [0.05, 0.1) is 0 Å². The second-order valence-electron chi connectivity index (χ2n) is 4.95. The van der Waals surface area contributed by atoms with Crippen LogP contribution < -0.4 is 10.2 Å². The molecule has 1 aliphatic heterocycles. The van der Waals surface area contributed by atoms with Crippen LogP contribution in [0, 0.1) is 0 Å². The maximum atomic E-state index is 5.87. The Morgan fingerprint density at radius 3 is 2.63 bits per heavy atom. The SMILES string of the molecule is CN(C)c1nc(Cl)nc(NCCCN2CCCC2)n1. The lowest BCUT2D eigenvalue weighted by Gasteiger charge is -2.15. The summed E-state index contributed by atoms with van der Waals surface area (Å²) in [5.41, 5.74) is 0. The number of anilines is 2. The summed E-state index contributed by atoms with van der Waals surface area (Å²) >= 11 is 5.87. The number of aromatic nitrogens is 3. The second kappa shape index (κ2) is 6.86. The number of hydrogen-bond acceptors (Lipinski definition) is 6. The van der Waals surface area contributed by atoms with Crippen LogP contribution in [0.3, 0.4) is 0 Å². The van der Waals surface area contributed by atoms with Gasteiger partial charge in [-0.3, -0.25) is 0 Å². The Hall–Kier alpha value is -1.14. The summed E-state index contributed by atoms with van der Waals surface area (Å²) < 4.78 is 0. The molecule has 7 heteroatoms. The highest BCUT2D eigenvalue weighted by molar-refractivity contribution is 6.28. The standard InChI is InChI=1S/C12H21ClN6/c1-18(2)12-16-10(13)15-11(17-12)14-6-5-9-19-7-3-4-8-19/h3-9H2,1-2H3,(H,14,15,16,17). The van der Waals surface area contributed by atoms with E-state index in [1.54, 1.807) is 0 Å². The molecule has 1 N–H and O–H groups in total. The fourth-order valence-corrected chi connectivity index (χ4v) is 2.28. The highest BCUT2D eigenvalue weighted by Crippen LogP contribution is 2.11. The summed E-state index contributed by atoms with van der Waals surface area (Å²) in [7, 11) is 3.76. The number of rotatable bonds is 6. The van der Waals surface area contributed by atoms with Gasteiger partial charge in [0.1, 0.15) is 0 Å². The lowest BCUT2D eigenvalue weighted by atomic mass is 10.4. The number of nitrogens with one attached hydrogen (secondary N) is 1. The topological polar surface area (TPSA) is 57.2 Å². The molecule has 1 aromatic rings. The van der Waals surface area contributed by atoms with Crippen molar-refractivity contribution in [2.24, 2.45) is 0 Å². The van der Waals surface area contributed by atoms with Crippen molar-refractivity contribution in [3.63, 3.8) is 0 Å². The van der Waals surface area contributed by atoms with Crippen molar-refractivity contribution in [3.8, 4) is 0 Å². The van der Waals surface area contributed by atoms with Gasteiger partial charge in [0.2, 0.25) is 17.2 Å². The van der Waals surface area contributed by atoms with Crippen LogP contribution in [-0.2, 0) is 0 Å². The maximum Gasteiger partial charge on any atom is 0.230 e. The summed E-state index contributed by atoms with van der Waals surface area (Å²) in [5.74, 6) is 1.12. The third kappa shape index (κ3) is 4.47. The summed E-state index contributed by atoms with van der Waals surface area (Å²) in [6.45, 7) is 4.46. The Labute approximate surface area is 119 Å². The third-order valence-electron chi connectivity index (χ3n) is 3.13. The van der Waals surface area contributed by atoms with Crippen LogP contribution >= 0.6 is 11.6 Å². The molecule has 0 aromatic carbocycles. The smallest absolute Gasteiger partial charge is 0.230 e. The van der Waals surface area contributed by atoms with Gasteiger partial charge in [-0.1, -0.05) is 0 Å². The van der Waals surface area contributed by atoms with E-state index in [9.17, 15) is 0 Å². The Balaban J connectivity index is 1.78. The van der Waals surface area contributed by atoms with Gasteiger partial charge in [0.15, 0.2) is 0 Å². The Morgan fingerprint density at radius 1 is 1.21 bits per heavy atom. The zero-order valence-corrected chi connectivity index (χ0v) is 12.3. The zero-order valence-electron chi connectivity index (χ0n) is 11.6. The summed E-state index contributed by atoms with van der Waals surface area (Å²) in [6.07, 6.45) is 3.76. The van der Waals surface area contributed by atoms with Gasteiger partial charge in [-0.15, -0.1) is 0 Å². The third-order valence-corrected chi connectivity index (χ3v) is 3.30. The molecule has 19 heavy (non-hydrogen) atoms. The lowest BCUT2D eigenvalue weighted by Crippen LogP contribution is -2.22. The molecule has 0 amide bonds. The number of hydrogen-bond donors (Lipinski definition) is 1. The normalized spacial score (nSPS) is 15.7. The van der Waals surface area contributed by atoms with Gasteiger partial charge >= 0.3 is 0 Å². The summed E-state index contributed by atoms with van der Waals surface area (Å²) in [5, 5.41) is 3.43. The van der Waals surface area contributed by atoms with Crippen molar-refractivity contribution in [1.82, 2.24) is 19.9 Å². The molecule has 0 atom stereocenters. The molecule has 1 aromatic heterocycles. The summed E-state index contributed by atoms with van der Waals surface area (Å²) in [6, 6.07) is 0. The summed E-state index contributed by atoms with van der Waals surface area (Å²) in [4.78, 5) is 16.7. The minimum absolute atomic E-state index is 0.223. The van der Waals surface area contributed by atoms with E-state index in [-0.39, 0.29) is 5.28 Å². The molecule has 2 heterocycles. The first kappa shape index (κ1) is 14.3. The molecule has 2 rings (SSSR count). The van der Waals surface area contributed by atoms with Crippen molar-refractivity contribution >= 4 is 23.5 Å². The van der Waals surface area contributed by atoms with E-state index in [0.717, 1.165) is 19.5 Å². The molecular weight excluding hydrogens is 264 g/mol. The first-order valence-electron chi connectivity index (χ1n) is 6.70. The van der Waals surface area contributed by atoms with Crippen molar-refractivity contribution in [1.29, 1.82) is 0 Å². The average molecular weight is 285 g/mol. The molecule has 0 bridgehead atoms. The van der Waals surface area contributed by atoms with E-state index in [2.05, 4.69) is 25.2 Å². The van der Waals surface area contributed by atoms with Crippen molar-refractivity contribution < 1.29 is 0 Å². The predicted molar refractivity (Wildman–Crippen MR) is 77.9 cm³/mol. The molecule has 0 saturated carbocycles. The minimum atomic E-state index is 0.223. The van der Waals surface area contributed by atoms with E-state index in [1.807, 2.05) is 19.0 Å². The molecule has 0 unspecified atom stereocenters. The molecule has 1 saturated heterocycles. The van der Waals surface area contributed by atoms with Crippen molar-refractivity contribution in [2.75, 3.05) is 50.5 Å². The molecule has 0 radical (unpaired) electrons. The fourth-order valence-electron chi connectivity index (χ4n) is 2.13. The molecular formula is C12H21ClN6. The average Bonchev–Trinajstić information content (AvgIpc) is 2.87. The highest BCUT2D eigenvalue weighted by Gasteiger charge is 2.10. The zero-order chi connectivity index (χ0) is 13.7. The van der Waals surface area contributed by atoms with Gasteiger partial charge in [0.25, 0.3) is 0 Å². The van der Waals surface area contributed by atoms with Crippen LogP contribution in [0.25, 0.3) is 0 Å². The Bertz CT molecular complexity index is 405. The minimum Gasteiger partial charge on any atom is -0.354 e. The molecule has 0 spiro atoms. The number of halogens is 1. The van der Waals surface area contributed by atoms with Gasteiger partial charge in [-0.25, -0.2) is 0 Å². The fraction of sp³-hybridized carbons (Fsp3) is 0.750. The van der Waals surface area contributed by atoms with Gasteiger partial charge < -0.3 is 15.1 Å². The first-order valence-corrected chi connectivity index (χ1v) is 7.08. The Morgan fingerprint density at radius 2 is 1.95 bits per heavy atom. The van der Waals surface area contributed by atoms with E-state index < -0.39 is 0 Å². The molecule has 0 aliphatic carbocycles. The first-order chi connectivity index (χ1) is 9.15. The van der Waals surface area contributed by atoms with E-state index in [4.69, 9.17) is 11.6 Å². The highest BCUT2D eigenvalue weighted by atomic mass is 35.5. The maximum absolute atomic E-state index is 5.87. The molecule has 1 aliphatic rings. The Kier molecular flexibility index (Phi) is 5.15. The van der Waals surface area contributed by atoms with Crippen LogP contribution in [0.2, 0.25) is 5.28 Å².